The van der Waals surface area contributed by atoms with E-state index in [1.807, 2.05) is 18.2 Å². The van der Waals surface area contributed by atoms with E-state index in [1.165, 1.54) is 11.8 Å². The molecular formula is C18H26ClN3O2S. The Morgan fingerprint density at radius 2 is 1.88 bits per heavy atom. The first-order valence-corrected chi connectivity index (χ1v) is 11.1. The van der Waals surface area contributed by atoms with E-state index in [0.717, 1.165) is 43.2 Å². The Bertz CT molecular complexity index is 768. The number of hydrogen-bond acceptors (Lipinski definition) is 3. The average Bonchev–Trinajstić information content (AvgIpc) is 3.44. The van der Waals surface area contributed by atoms with Gasteiger partial charge in [-0.25, -0.2) is 8.42 Å². The summed E-state index contributed by atoms with van der Waals surface area (Å²) in [6, 6.07) is 8.05. The summed E-state index contributed by atoms with van der Waals surface area (Å²) in [5, 5.41) is 7.47. The van der Waals surface area contributed by atoms with Crippen molar-refractivity contribution in [3.63, 3.8) is 0 Å². The second kappa shape index (κ2) is 6.80. The number of rotatable bonds is 7. The number of sulfone groups is 1. The van der Waals surface area contributed by atoms with Gasteiger partial charge in [0, 0.05) is 42.2 Å². The van der Waals surface area contributed by atoms with Crippen molar-refractivity contribution in [2.24, 2.45) is 10.4 Å². The lowest BCUT2D eigenvalue weighted by Gasteiger charge is -2.21. The smallest absolute Gasteiger partial charge is 0.191 e. The molecule has 138 valence electrons. The predicted molar refractivity (Wildman–Crippen MR) is 103 cm³/mol. The Balaban J connectivity index is 1.54. The highest BCUT2D eigenvalue weighted by Crippen LogP contribution is 2.48. The molecule has 0 saturated heterocycles. The molecular weight excluding hydrogens is 358 g/mol. The number of halogens is 1. The highest BCUT2D eigenvalue weighted by molar-refractivity contribution is 7.90. The van der Waals surface area contributed by atoms with Crippen LogP contribution in [0.25, 0.3) is 0 Å². The molecule has 2 aliphatic carbocycles. The lowest BCUT2D eigenvalue weighted by molar-refractivity contribution is 0.527. The minimum atomic E-state index is -2.95. The van der Waals surface area contributed by atoms with Crippen molar-refractivity contribution in [1.82, 2.24) is 10.6 Å². The zero-order chi connectivity index (χ0) is 18.1. The van der Waals surface area contributed by atoms with Gasteiger partial charge in [0.1, 0.15) is 9.84 Å². The molecule has 1 aromatic rings. The molecule has 2 aliphatic rings. The lowest BCUT2D eigenvalue weighted by Crippen LogP contribution is -2.44. The zero-order valence-electron chi connectivity index (χ0n) is 14.8. The van der Waals surface area contributed by atoms with Crippen LogP contribution in [0, 0.1) is 5.41 Å². The van der Waals surface area contributed by atoms with E-state index >= 15 is 0 Å². The summed E-state index contributed by atoms with van der Waals surface area (Å²) < 4.78 is 23.1. The van der Waals surface area contributed by atoms with Crippen LogP contribution < -0.4 is 10.6 Å². The van der Waals surface area contributed by atoms with Crippen molar-refractivity contribution in [3.8, 4) is 0 Å². The minimum Gasteiger partial charge on any atom is -0.356 e. The first kappa shape index (κ1) is 18.5. The van der Waals surface area contributed by atoms with Gasteiger partial charge in [-0.05, 0) is 43.4 Å². The topological polar surface area (TPSA) is 70.6 Å². The van der Waals surface area contributed by atoms with Crippen LogP contribution in [-0.2, 0) is 15.3 Å². The van der Waals surface area contributed by atoms with Gasteiger partial charge >= 0.3 is 0 Å². The number of nitrogens with zero attached hydrogens (tertiary/aromatic N) is 1. The number of nitrogens with one attached hydrogen (secondary N) is 2. The molecule has 0 aliphatic heterocycles. The third-order valence-corrected chi connectivity index (χ3v) is 6.64. The largest absolute Gasteiger partial charge is 0.356 e. The molecule has 25 heavy (non-hydrogen) atoms. The fourth-order valence-electron chi connectivity index (χ4n) is 3.39. The van der Waals surface area contributed by atoms with E-state index in [2.05, 4.69) is 21.7 Å². The van der Waals surface area contributed by atoms with Gasteiger partial charge in [0.15, 0.2) is 5.96 Å². The van der Waals surface area contributed by atoms with Crippen molar-refractivity contribution in [1.29, 1.82) is 0 Å². The Hall–Kier alpha value is -1.27. The summed E-state index contributed by atoms with van der Waals surface area (Å²) in [6.07, 6.45) is 5.49. The zero-order valence-corrected chi connectivity index (χ0v) is 16.4. The van der Waals surface area contributed by atoms with Crippen molar-refractivity contribution in [3.05, 3.63) is 34.9 Å². The summed E-state index contributed by atoms with van der Waals surface area (Å²) in [6.45, 7) is 1.44. The monoisotopic (exact) mass is 383 g/mol. The molecule has 3 rings (SSSR count). The summed E-state index contributed by atoms with van der Waals surface area (Å²) in [5.74, 6) is 0.976. The van der Waals surface area contributed by atoms with Gasteiger partial charge in [-0.3, -0.25) is 4.99 Å². The molecule has 0 heterocycles. The molecule has 5 nitrogen and oxygen atoms in total. The molecule has 2 saturated carbocycles. The number of benzene rings is 1. The molecule has 7 heteroatoms. The summed E-state index contributed by atoms with van der Waals surface area (Å²) in [5.41, 5.74) is 1.28. The quantitative estimate of drug-likeness (QED) is 0.560. The maximum atomic E-state index is 11.6. The van der Waals surface area contributed by atoms with E-state index in [0.29, 0.717) is 6.54 Å². The number of guanidine groups is 1. The van der Waals surface area contributed by atoms with Gasteiger partial charge in [0.2, 0.25) is 0 Å². The maximum absolute atomic E-state index is 11.6. The summed E-state index contributed by atoms with van der Waals surface area (Å²) >= 11 is 6.12. The summed E-state index contributed by atoms with van der Waals surface area (Å²) in [4.78, 5) is 4.28. The molecule has 0 aromatic heterocycles. The van der Waals surface area contributed by atoms with Gasteiger partial charge in [0.05, 0.1) is 5.75 Å². The molecule has 0 atom stereocenters. The van der Waals surface area contributed by atoms with Crippen LogP contribution in [0.1, 0.15) is 31.2 Å². The molecule has 2 fully saturated rings. The average molecular weight is 384 g/mol. The van der Waals surface area contributed by atoms with Gasteiger partial charge in [-0.15, -0.1) is 0 Å². The Labute approximate surface area is 155 Å². The Morgan fingerprint density at radius 3 is 2.40 bits per heavy atom. The third-order valence-electron chi connectivity index (χ3n) is 5.26. The van der Waals surface area contributed by atoms with E-state index in [4.69, 9.17) is 11.6 Å². The fraction of sp³-hybridized carbons (Fsp3) is 0.611. The number of hydrogen-bond donors (Lipinski definition) is 2. The van der Waals surface area contributed by atoms with Crippen LogP contribution in [0.15, 0.2) is 29.3 Å². The SMILES string of the molecule is CN=C(NCC1(CS(C)(=O)=O)CC1)NCC1(c2cccc(Cl)c2)CC1. The van der Waals surface area contributed by atoms with E-state index in [9.17, 15) is 8.42 Å². The lowest BCUT2D eigenvalue weighted by atomic mass is 9.96. The van der Waals surface area contributed by atoms with Crippen molar-refractivity contribution in [2.75, 3.05) is 32.1 Å². The van der Waals surface area contributed by atoms with Crippen molar-refractivity contribution in [2.45, 2.75) is 31.1 Å². The van der Waals surface area contributed by atoms with Crippen LogP contribution in [0.4, 0.5) is 0 Å². The fourth-order valence-corrected chi connectivity index (χ4v) is 5.08. The van der Waals surface area contributed by atoms with Gasteiger partial charge < -0.3 is 10.6 Å². The van der Waals surface area contributed by atoms with E-state index in [-0.39, 0.29) is 16.6 Å². The predicted octanol–water partition coefficient (Wildman–Crippen LogP) is 2.36. The standard InChI is InChI=1S/C18H26ClN3O2S/c1-20-16(21-11-17(6-7-17)13-25(2,23)24)22-12-18(8-9-18)14-4-3-5-15(19)10-14/h3-5,10H,6-9,11-13H2,1-2H3,(H2,20,21,22). The maximum Gasteiger partial charge on any atom is 0.191 e. The summed E-state index contributed by atoms with van der Waals surface area (Å²) in [7, 11) is -1.21. The van der Waals surface area contributed by atoms with Crippen LogP contribution >= 0.6 is 11.6 Å². The molecule has 1 aromatic carbocycles. The number of aliphatic imine (C=N–C) groups is 1. The van der Waals surface area contributed by atoms with Gasteiger partial charge in [0.25, 0.3) is 0 Å². The molecule has 0 spiro atoms. The van der Waals surface area contributed by atoms with Gasteiger partial charge in [-0.1, -0.05) is 23.7 Å². The molecule has 2 N–H and O–H groups in total. The van der Waals surface area contributed by atoms with Crippen molar-refractivity contribution < 1.29 is 8.42 Å². The Morgan fingerprint density at radius 1 is 1.20 bits per heavy atom. The van der Waals surface area contributed by atoms with Crippen LogP contribution in [0.3, 0.4) is 0 Å². The van der Waals surface area contributed by atoms with Crippen molar-refractivity contribution >= 4 is 27.4 Å². The van der Waals surface area contributed by atoms with Crippen LogP contribution in [0.2, 0.25) is 5.02 Å². The second-order valence-electron chi connectivity index (χ2n) is 7.64. The molecule has 0 unspecified atom stereocenters. The van der Waals surface area contributed by atoms with Gasteiger partial charge in [-0.2, -0.15) is 0 Å². The normalized spacial score (nSPS) is 20.8. The molecule has 0 amide bonds. The molecule has 0 bridgehead atoms. The van der Waals surface area contributed by atoms with E-state index < -0.39 is 9.84 Å². The minimum absolute atomic E-state index is 0.116. The second-order valence-corrected chi connectivity index (χ2v) is 10.2. The van der Waals surface area contributed by atoms with Crippen LogP contribution in [0.5, 0.6) is 0 Å². The van der Waals surface area contributed by atoms with Crippen LogP contribution in [-0.4, -0.2) is 46.5 Å². The first-order chi connectivity index (χ1) is 11.8. The third kappa shape index (κ3) is 4.88. The van der Waals surface area contributed by atoms with E-state index in [1.54, 1.807) is 7.05 Å². The highest BCUT2D eigenvalue weighted by atomic mass is 35.5. The molecule has 0 radical (unpaired) electrons. The highest BCUT2D eigenvalue weighted by Gasteiger charge is 2.46. The Kier molecular flexibility index (Phi) is 5.04. The first-order valence-electron chi connectivity index (χ1n) is 8.64.